The van der Waals surface area contributed by atoms with Gasteiger partial charge in [-0.25, -0.2) is 4.79 Å². The number of rotatable bonds is 13. The molecule has 3 atom stereocenters. The van der Waals surface area contributed by atoms with Crippen LogP contribution in [-0.4, -0.2) is 47.4 Å². The molecule has 3 amide bonds. The van der Waals surface area contributed by atoms with Crippen LogP contribution in [-0.2, 0) is 27.2 Å². The number of hydrogen-bond acceptors (Lipinski definition) is 6. The van der Waals surface area contributed by atoms with E-state index < -0.39 is 41.6 Å². The van der Waals surface area contributed by atoms with Gasteiger partial charge in [0.05, 0.1) is 12.3 Å². The van der Waals surface area contributed by atoms with E-state index in [1.807, 2.05) is 74.5 Å². The third-order valence-corrected chi connectivity index (χ3v) is 6.31. The van der Waals surface area contributed by atoms with Crippen molar-refractivity contribution in [3.8, 4) is 0 Å². The van der Waals surface area contributed by atoms with Crippen molar-refractivity contribution in [1.29, 1.82) is 0 Å². The number of carbonyl (C=O) groups is 4. The topological polar surface area (TPSA) is 127 Å². The molecule has 0 saturated heterocycles. The van der Waals surface area contributed by atoms with Gasteiger partial charge in [-0.05, 0) is 56.4 Å². The number of furan rings is 1. The van der Waals surface area contributed by atoms with E-state index in [0.717, 1.165) is 11.1 Å². The summed E-state index contributed by atoms with van der Waals surface area (Å²) in [6.45, 7) is 9.10. The van der Waals surface area contributed by atoms with Gasteiger partial charge in [-0.1, -0.05) is 74.5 Å². The molecule has 0 aliphatic heterocycles. The number of nitrogens with one attached hydrogen (secondary N) is 3. The summed E-state index contributed by atoms with van der Waals surface area (Å²) in [7, 11) is 0. The quantitative estimate of drug-likeness (QED) is 0.250. The Hall–Kier alpha value is -4.40. The molecule has 0 radical (unpaired) electrons. The van der Waals surface area contributed by atoms with E-state index in [-0.39, 0.29) is 30.3 Å². The monoisotopic (exact) mass is 575 g/mol. The Labute approximate surface area is 247 Å². The standard InChI is InChI=1S/C33H41N3O6/c1-22(2)19-25(29(37)28-17-12-18-41-28)34-30(38)26(20-23-13-8-6-9-14-23)35-31(39)27(21-24-15-10-7-11-16-24)36-32(40)42-33(3,4)5/h6-18,22,25-27H,19-21H2,1-5H3,(H,34,38)(H,35,39)(H,36,40)/t25-,26-,27-/m0/s1. The van der Waals surface area contributed by atoms with E-state index in [4.69, 9.17) is 9.15 Å². The summed E-state index contributed by atoms with van der Waals surface area (Å²) >= 11 is 0. The molecule has 9 nitrogen and oxygen atoms in total. The fraction of sp³-hybridized carbons (Fsp3) is 0.394. The molecule has 1 heterocycles. The first-order valence-corrected chi connectivity index (χ1v) is 14.2. The summed E-state index contributed by atoms with van der Waals surface area (Å²) in [6, 6.07) is 18.8. The fourth-order valence-electron chi connectivity index (χ4n) is 4.41. The van der Waals surface area contributed by atoms with Gasteiger partial charge in [0.1, 0.15) is 17.7 Å². The fourth-order valence-corrected chi connectivity index (χ4v) is 4.41. The first kappa shape index (κ1) is 32.1. The molecule has 0 aliphatic carbocycles. The first-order valence-electron chi connectivity index (χ1n) is 14.2. The summed E-state index contributed by atoms with van der Waals surface area (Å²) in [5.74, 6) is -1.17. The Morgan fingerprint density at radius 2 is 1.21 bits per heavy atom. The van der Waals surface area contributed by atoms with Gasteiger partial charge in [0.15, 0.2) is 5.76 Å². The van der Waals surface area contributed by atoms with Crippen molar-refractivity contribution in [3.05, 3.63) is 95.9 Å². The summed E-state index contributed by atoms with van der Waals surface area (Å²) < 4.78 is 10.7. The minimum absolute atomic E-state index is 0.102. The molecule has 224 valence electrons. The van der Waals surface area contributed by atoms with Crippen LogP contribution >= 0.6 is 0 Å². The molecule has 3 rings (SSSR count). The Balaban J connectivity index is 1.86. The molecule has 3 N–H and O–H groups in total. The van der Waals surface area contributed by atoms with Gasteiger partial charge in [0, 0.05) is 12.8 Å². The normalized spacial score (nSPS) is 13.5. The molecule has 0 fully saturated rings. The van der Waals surface area contributed by atoms with Crippen LogP contribution in [0.15, 0.2) is 83.5 Å². The average Bonchev–Trinajstić information content (AvgIpc) is 3.46. The van der Waals surface area contributed by atoms with E-state index in [9.17, 15) is 19.2 Å². The van der Waals surface area contributed by atoms with Crippen LogP contribution in [0, 0.1) is 5.92 Å². The second-order valence-corrected chi connectivity index (χ2v) is 11.7. The average molecular weight is 576 g/mol. The van der Waals surface area contributed by atoms with Crippen LogP contribution in [0.2, 0.25) is 0 Å². The third-order valence-electron chi connectivity index (χ3n) is 6.31. The highest BCUT2D eigenvalue weighted by atomic mass is 16.6. The SMILES string of the molecule is CC(C)C[C@H](NC(=O)[C@H](Cc1ccccc1)NC(=O)[C@H](Cc1ccccc1)NC(=O)OC(C)(C)C)C(=O)c1ccco1. The lowest BCUT2D eigenvalue weighted by molar-refractivity contribution is -0.130. The number of ether oxygens (including phenoxy) is 1. The Morgan fingerprint density at radius 3 is 1.67 bits per heavy atom. The van der Waals surface area contributed by atoms with E-state index in [1.165, 1.54) is 6.26 Å². The van der Waals surface area contributed by atoms with Crippen LogP contribution in [0.1, 0.15) is 62.7 Å². The van der Waals surface area contributed by atoms with Crippen molar-refractivity contribution in [2.24, 2.45) is 5.92 Å². The number of hydrogen-bond donors (Lipinski definition) is 3. The van der Waals surface area contributed by atoms with Crippen molar-refractivity contribution >= 4 is 23.7 Å². The molecule has 0 spiro atoms. The third kappa shape index (κ3) is 10.5. The Morgan fingerprint density at radius 1 is 0.714 bits per heavy atom. The molecule has 0 saturated carbocycles. The van der Waals surface area contributed by atoms with Crippen molar-refractivity contribution in [2.75, 3.05) is 0 Å². The Bertz CT molecular complexity index is 1300. The lowest BCUT2D eigenvalue weighted by Crippen LogP contribution is -2.57. The molecule has 42 heavy (non-hydrogen) atoms. The van der Waals surface area contributed by atoms with Gasteiger partial charge in [0.25, 0.3) is 0 Å². The molecule has 3 aromatic rings. The molecule has 1 aromatic heterocycles. The largest absolute Gasteiger partial charge is 0.461 e. The highest BCUT2D eigenvalue weighted by Crippen LogP contribution is 2.14. The minimum Gasteiger partial charge on any atom is -0.461 e. The smallest absolute Gasteiger partial charge is 0.408 e. The molecular weight excluding hydrogens is 534 g/mol. The zero-order chi connectivity index (χ0) is 30.7. The number of benzene rings is 2. The van der Waals surface area contributed by atoms with Gasteiger partial charge >= 0.3 is 6.09 Å². The van der Waals surface area contributed by atoms with Crippen LogP contribution < -0.4 is 16.0 Å². The highest BCUT2D eigenvalue weighted by molar-refractivity contribution is 6.01. The first-order chi connectivity index (χ1) is 19.9. The highest BCUT2D eigenvalue weighted by Gasteiger charge is 2.32. The maximum atomic E-state index is 13.7. The number of carbonyl (C=O) groups excluding carboxylic acids is 4. The molecule has 9 heteroatoms. The van der Waals surface area contributed by atoms with Crippen LogP contribution in [0.4, 0.5) is 4.79 Å². The number of ketones is 1. The van der Waals surface area contributed by atoms with Crippen LogP contribution in [0.3, 0.4) is 0 Å². The van der Waals surface area contributed by atoms with Crippen LogP contribution in [0.5, 0.6) is 0 Å². The van der Waals surface area contributed by atoms with Crippen molar-refractivity contribution in [3.63, 3.8) is 0 Å². The van der Waals surface area contributed by atoms with Gasteiger partial charge in [-0.2, -0.15) is 0 Å². The Kier molecular flexibility index (Phi) is 11.5. The number of alkyl carbamates (subject to hydrolysis) is 1. The van der Waals surface area contributed by atoms with Gasteiger partial charge in [-0.3, -0.25) is 14.4 Å². The zero-order valence-electron chi connectivity index (χ0n) is 24.9. The van der Waals surface area contributed by atoms with Crippen molar-refractivity contribution < 1.29 is 28.3 Å². The van der Waals surface area contributed by atoms with E-state index in [0.29, 0.717) is 6.42 Å². The minimum atomic E-state index is -1.03. The summed E-state index contributed by atoms with van der Waals surface area (Å²) in [4.78, 5) is 53.3. The molecule has 0 aliphatic rings. The summed E-state index contributed by atoms with van der Waals surface area (Å²) in [6.07, 6.45) is 1.40. The second kappa shape index (κ2) is 15.0. The predicted molar refractivity (Wildman–Crippen MR) is 160 cm³/mol. The van der Waals surface area contributed by atoms with Gasteiger partial charge in [-0.15, -0.1) is 0 Å². The van der Waals surface area contributed by atoms with Crippen LogP contribution in [0.25, 0.3) is 0 Å². The van der Waals surface area contributed by atoms with E-state index in [1.54, 1.807) is 32.9 Å². The maximum Gasteiger partial charge on any atom is 0.408 e. The van der Waals surface area contributed by atoms with Crippen molar-refractivity contribution in [1.82, 2.24) is 16.0 Å². The molecule has 0 unspecified atom stereocenters. The number of Topliss-reactive ketones (excluding diaryl/α,β-unsaturated/α-hetero) is 1. The zero-order valence-corrected chi connectivity index (χ0v) is 24.9. The maximum absolute atomic E-state index is 13.7. The summed E-state index contributed by atoms with van der Waals surface area (Å²) in [5.41, 5.74) is 0.869. The number of amides is 3. The lowest BCUT2D eigenvalue weighted by Gasteiger charge is -2.27. The molecular formula is C33H41N3O6. The second-order valence-electron chi connectivity index (χ2n) is 11.7. The van der Waals surface area contributed by atoms with Gasteiger partial charge in [0.2, 0.25) is 17.6 Å². The van der Waals surface area contributed by atoms with Gasteiger partial charge < -0.3 is 25.1 Å². The molecule has 0 bridgehead atoms. The van der Waals surface area contributed by atoms with E-state index in [2.05, 4.69) is 16.0 Å². The lowest BCUT2D eigenvalue weighted by atomic mass is 9.97. The van der Waals surface area contributed by atoms with E-state index >= 15 is 0 Å². The van der Waals surface area contributed by atoms with Crippen molar-refractivity contribution in [2.45, 2.75) is 77.6 Å². The predicted octanol–water partition coefficient (Wildman–Crippen LogP) is 4.86. The molecule has 2 aromatic carbocycles. The summed E-state index contributed by atoms with van der Waals surface area (Å²) in [5, 5.41) is 8.34.